The molecule has 0 aliphatic heterocycles. The van der Waals surface area contributed by atoms with Gasteiger partial charge >= 0.3 is 0 Å². The Morgan fingerprint density at radius 2 is 1.65 bits per heavy atom. The molecule has 1 aliphatic rings. The van der Waals surface area contributed by atoms with Crippen LogP contribution in [0.2, 0.25) is 0 Å². The van der Waals surface area contributed by atoms with Crippen molar-refractivity contribution in [1.29, 1.82) is 0 Å². The van der Waals surface area contributed by atoms with Crippen LogP contribution >= 0.6 is 0 Å². The van der Waals surface area contributed by atoms with Crippen molar-refractivity contribution in [3.05, 3.63) is 27.8 Å². The van der Waals surface area contributed by atoms with Crippen molar-refractivity contribution < 1.29 is 9.84 Å². The Hall–Kier alpha value is -1.02. The summed E-state index contributed by atoms with van der Waals surface area (Å²) >= 11 is 0. The molecule has 0 amide bonds. The normalized spacial score (nSPS) is 14.6. The highest BCUT2D eigenvalue weighted by Gasteiger charge is 2.21. The van der Waals surface area contributed by atoms with E-state index in [1.807, 2.05) is 0 Å². The van der Waals surface area contributed by atoms with Gasteiger partial charge in [-0.25, -0.2) is 0 Å². The third kappa shape index (κ3) is 2.06. The number of aliphatic hydroxyl groups is 1. The molecule has 0 aromatic heterocycles. The van der Waals surface area contributed by atoms with Crippen LogP contribution in [0.15, 0.2) is 0 Å². The third-order valence-corrected chi connectivity index (χ3v) is 4.01. The van der Waals surface area contributed by atoms with Gasteiger partial charge in [-0.15, -0.1) is 0 Å². The van der Waals surface area contributed by atoms with Crippen LogP contribution in [0, 0.1) is 13.8 Å². The SMILES string of the molecule is COc1c(C)c2c(c(C)c1CCO)CCCC2. The highest BCUT2D eigenvalue weighted by Crippen LogP contribution is 2.37. The smallest absolute Gasteiger partial charge is 0.125 e. The fourth-order valence-electron chi connectivity index (χ4n) is 3.14. The van der Waals surface area contributed by atoms with Gasteiger partial charge in [-0.05, 0) is 73.8 Å². The molecule has 0 saturated carbocycles. The summed E-state index contributed by atoms with van der Waals surface area (Å²) in [5, 5.41) is 9.20. The summed E-state index contributed by atoms with van der Waals surface area (Å²) in [5.41, 5.74) is 6.84. The van der Waals surface area contributed by atoms with Crippen LogP contribution in [0.3, 0.4) is 0 Å². The van der Waals surface area contributed by atoms with Crippen LogP contribution in [0.4, 0.5) is 0 Å². The molecule has 0 unspecified atom stereocenters. The quantitative estimate of drug-likeness (QED) is 0.871. The second kappa shape index (κ2) is 5.09. The van der Waals surface area contributed by atoms with Gasteiger partial charge in [-0.2, -0.15) is 0 Å². The van der Waals surface area contributed by atoms with E-state index < -0.39 is 0 Å². The first-order chi connectivity index (χ1) is 8.20. The summed E-state index contributed by atoms with van der Waals surface area (Å²) in [6.45, 7) is 4.52. The average molecular weight is 234 g/mol. The zero-order valence-corrected chi connectivity index (χ0v) is 11.1. The number of benzene rings is 1. The number of hydrogen-bond acceptors (Lipinski definition) is 2. The minimum Gasteiger partial charge on any atom is -0.496 e. The third-order valence-electron chi connectivity index (χ3n) is 4.01. The second-order valence-electron chi connectivity index (χ2n) is 4.90. The Bertz CT molecular complexity index is 422. The van der Waals surface area contributed by atoms with Crippen molar-refractivity contribution in [3.63, 3.8) is 0 Å². The van der Waals surface area contributed by atoms with Gasteiger partial charge in [0.1, 0.15) is 5.75 Å². The van der Waals surface area contributed by atoms with E-state index in [4.69, 9.17) is 4.74 Å². The van der Waals surface area contributed by atoms with E-state index in [9.17, 15) is 5.11 Å². The maximum absolute atomic E-state index is 9.20. The van der Waals surface area contributed by atoms with Gasteiger partial charge in [0.15, 0.2) is 0 Å². The molecule has 2 nitrogen and oxygen atoms in total. The predicted octanol–water partition coefficient (Wildman–Crippen LogP) is 2.73. The molecule has 0 saturated heterocycles. The molecule has 94 valence electrons. The fraction of sp³-hybridized carbons (Fsp3) is 0.600. The Morgan fingerprint density at radius 1 is 1.06 bits per heavy atom. The topological polar surface area (TPSA) is 29.5 Å². The minimum absolute atomic E-state index is 0.190. The molecule has 0 atom stereocenters. The maximum atomic E-state index is 9.20. The molecule has 2 heteroatoms. The Balaban J connectivity index is 2.63. The molecule has 0 heterocycles. The molecular weight excluding hydrogens is 212 g/mol. The lowest BCUT2D eigenvalue weighted by Gasteiger charge is -2.25. The van der Waals surface area contributed by atoms with E-state index in [2.05, 4.69) is 13.8 Å². The summed E-state index contributed by atoms with van der Waals surface area (Å²) in [7, 11) is 1.73. The zero-order chi connectivity index (χ0) is 12.4. The van der Waals surface area contributed by atoms with E-state index in [0.717, 1.165) is 5.75 Å². The lowest BCUT2D eigenvalue weighted by atomic mass is 9.82. The number of hydrogen-bond donors (Lipinski definition) is 1. The van der Waals surface area contributed by atoms with Gasteiger partial charge < -0.3 is 9.84 Å². The van der Waals surface area contributed by atoms with Crippen LogP contribution in [-0.4, -0.2) is 18.8 Å². The zero-order valence-electron chi connectivity index (χ0n) is 11.1. The van der Waals surface area contributed by atoms with Crippen LogP contribution in [0.1, 0.15) is 40.7 Å². The van der Waals surface area contributed by atoms with Crippen molar-refractivity contribution in [2.75, 3.05) is 13.7 Å². The molecule has 0 spiro atoms. The molecule has 1 aliphatic carbocycles. The van der Waals surface area contributed by atoms with Crippen molar-refractivity contribution in [3.8, 4) is 5.75 Å². The summed E-state index contributed by atoms with van der Waals surface area (Å²) in [6, 6.07) is 0. The molecule has 1 N–H and O–H groups in total. The Labute approximate surface area is 104 Å². The fourth-order valence-corrected chi connectivity index (χ4v) is 3.14. The van der Waals surface area contributed by atoms with Crippen LogP contribution in [0.25, 0.3) is 0 Å². The second-order valence-corrected chi connectivity index (χ2v) is 4.90. The van der Waals surface area contributed by atoms with Crippen molar-refractivity contribution in [2.24, 2.45) is 0 Å². The van der Waals surface area contributed by atoms with Gasteiger partial charge in [0.25, 0.3) is 0 Å². The standard InChI is InChI=1S/C15H22O2/c1-10-12-6-4-5-7-13(12)11(2)15(17-3)14(10)8-9-16/h16H,4-9H2,1-3H3. The van der Waals surface area contributed by atoms with Crippen molar-refractivity contribution in [1.82, 2.24) is 0 Å². The largest absolute Gasteiger partial charge is 0.496 e. The van der Waals surface area contributed by atoms with Gasteiger partial charge in [0, 0.05) is 6.61 Å². The summed E-state index contributed by atoms with van der Waals surface area (Å²) in [4.78, 5) is 0. The summed E-state index contributed by atoms with van der Waals surface area (Å²) in [6.07, 6.45) is 5.64. The first kappa shape index (κ1) is 12.4. The number of aliphatic hydroxyl groups excluding tert-OH is 1. The maximum Gasteiger partial charge on any atom is 0.125 e. The van der Waals surface area contributed by atoms with Crippen LogP contribution in [0.5, 0.6) is 5.75 Å². The monoisotopic (exact) mass is 234 g/mol. The van der Waals surface area contributed by atoms with Crippen molar-refractivity contribution in [2.45, 2.75) is 46.0 Å². The first-order valence-corrected chi connectivity index (χ1v) is 6.49. The van der Waals surface area contributed by atoms with Gasteiger partial charge in [0.05, 0.1) is 7.11 Å². The first-order valence-electron chi connectivity index (χ1n) is 6.49. The lowest BCUT2D eigenvalue weighted by molar-refractivity contribution is 0.296. The minimum atomic E-state index is 0.190. The van der Waals surface area contributed by atoms with E-state index >= 15 is 0 Å². The van der Waals surface area contributed by atoms with Crippen LogP contribution < -0.4 is 4.74 Å². The summed E-state index contributed by atoms with van der Waals surface area (Å²) in [5.74, 6) is 0.997. The van der Waals surface area contributed by atoms with E-state index in [0.29, 0.717) is 6.42 Å². The van der Waals surface area contributed by atoms with Crippen LogP contribution in [-0.2, 0) is 19.3 Å². The highest BCUT2D eigenvalue weighted by molar-refractivity contribution is 5.55. The molecule has 0 radical (unpaired) electrons. The van der Waals surface area contributed by atoms with Crippen molar-refractivity contribution >= 4 is 0 Å². The molecule has 17 heavy (non-hydrogen) atoms. The van der Waals surface area contributed by atoms with Gasteiger partial charge in [-0.3, -0.25) is 0 Å². The van der Waals surface area contributed by atoms with Gasteiger partial charge in [-0.1, -0.05) is 0 Å². The number of methoxy groups -OCH3 is 1. The Kier molecular flexibility index (Phi) is 3.72. The van der Waals surface area contributed by atoms with Gasteiger partial charge in [0.2, 0.25) is 0 Å². The number of fused-ring (bicyclic) bond motifs is 1. The molecule has 2 rings (SSSR count). The Morgan fingerprint density at radius 3 is 2.18 bits per heavy atom. The predicted molar refractivity (Wildman–Crippen MR) is 69.9 cm³/mol. The van der Waals surface area contributed by atoms with E-state index in [1.165, 1.54) is 53.5 Å². The molecule has 1 aromatic rings. The molecular formula is C15H22O2. The average Bonchev–Trinajstić information content (AvgIpc) is 2.36. The number of ether oxygens (including phenoxy) is 1. The molecule has 1 aromatic carbocycles. The molecule has 0 fully saturated rings. The number of rotatable bonds is 3. The highest BCUT2D eigenvalue weighted by atomic mass is 16.5. The van der Waals surface area contributed by atoms with E-state index in [1.54, 1.807) is 7.11 Å². The van der Waals surface area contributed by atoms with E-state index in [-0.39, 0.29) is 6.61 Å². The molecule has 0 bridgehead atoms. The lowest BCUT2D eigenvalue weighted by Crippen LogP contribution is -2.12. The summed E-state index contributed by atoms with van der Waals surface area (Å²) < 4.78 is 5.56.